The van der Waals surface area contributed by atoms with Crippen molar-refractivity contribution in [1.29, 1.82) is 0 Å². The van der Waals surface area contributed by atoms with E-state index in [9.17, 15) is 0 Å². The van der Waals surface area contributed by atoms with Gasteiger partial charge in [-0.3, -0.25) is 0 Å². The molecular formula is C6H10N2O. The van der Waals surface area contributed by atoms with Crippen LogP contribution in [-0.4, -0.2) is 16.6 Å². The topological polar surface area (TPSA) is 62.0 Å². The molecule has 1 aromatic rings. The van der Waals surface area contributed by atoms with Gasteiger partial charge in [-0.25, -0.2) is 0 Å². The average Bonchev–Trinajstić information content (AvgIpc) is 2.37. The van der Waals surface area contributed by atoms with Gasteiger partial charge in [-0.15, -0.1) is 0 Å². The molecule has 9 heavy (non-hydrogen) atoms. The Balaban J connectivity index is 2.65. The van der Waals surface area contributed by atoms with Crippen LogP contribution < -0.4 is 5.73 Å². The molecule has 0 aliphatic rings. The van der Waals surface area contributed by atoms with Crippen molar-refractivity contribution >= 4 is 0 Å². The Morgan fingerprint density at radius 1 is 1.78 bits per heavy atom. The molecule has 0 amide bonds. The van der Waals surface area contributed by atoms with Gasteiger partial charge in [0.25, 0.3) is 0 Å². The third kappa shape index (κ3) is 1.31. The summed E-state index contributed by atoms with van der Waals surface area (Å²) in [4.78, 5) is 2.86. The lowest BCUT2D eigenvalue weighted by atomic mass is 10.3. The molecule has 0 radical (unpaired) electrons. The summed E-state index contributed by atoms with van der Waals surface area (Å²) in [7, 11) is 0. The number of nitrogens with one attached hydrogen (secondary N) is 1. The van der Waals surface area contributed by atoms with Crippen molar-refractivity contribution in [2.75, 3.05) is 6.54 Å². The molecule has 0 spiro atoms. The molecule has 1 unspecified atom stereocenters. The Labute approximate surface area is 53.5 Å². The minimum Gasteiger partial charge on any atom is -0.386 e. The second kappa shape index (κ2) is 2.66. The maximum atomic E-state index is 9.06. The van der Waals surface area contributed by atoms with Crippen molar-refractivity contribution < 1.29 is 5.11 Å². The summed E-state index contributed by atoms with van der Waals surface area (Å²) in [5.74, 6) is 0. The van der Waals surface area contributed by atoms with Crippen molar-refractivity contribution in [1.82, 2.24) is 4.98 Å². The number of aromatic amines is 1. The first-order chi connectivity index (χ1) is 4.34. The van der Waals surface area contributed by atoms with E-state index in [1.54, 1.807) is 12.3 Å². The molecule has 0 aliphatic carbocycles. The van der Waals surface area contributed by atoms with Gasteiger partial charge in [-0.05, 0) is 12.1 Å². The van der Waals surface area contributed by atoms with Gasteiger partial charge in [-0.2, -0.15) is 0 Å². The van der Waals surface area contributed by atoms with Crippen molar-refractivity contribution in [3.8, 4) is 0 Å². The van der Waals surface area contributed by atoms with Crippen LogP contribution >= 0.6 is 0 Å². The number of hydrogen-bond donors (Lipinski definition) is 3. The molecule has 0 aliphatic heterocycles. The molecule has 50 valence electrons. The number of aliphatic hydroxyl groups is 1. The molecule has 3 heteroatoms. The van der Waals surface area contributed by atoms with Crippen molar-refractivity contribution in [3.05, 3.63) is 24.0 Å². The Kier molecular flexibility index (Phi) is 1.87. The highest BCUT2D eigenvalue weighted by Gasteiger charge is 2.02. The van der Waals surface area contributed by atoms with Crippen molar-refractivity contribution in [2.45, 2.75) is 6.10 Å². The van der Waals surface area contributed by atoms with Crippen LogP contribution in [0, 0.1) is 0 Å². The average molecular weight is 126 g/mol. The first-order valence-electron chi connectivity index (χ1n) is 2.86. The second-order valence-corrected chi connectivity index (χ2v) is 1.88. The third-order valence-corrected chi connectivity index (χ3v) is 1.20. The zero-order valence-electron chi connectivity index (χ0n) is 5.04. The van der Waals surface area contributed by atoms with Gasteiger partial charge in [0.15, 0.2) is 0 Å². The molecule has 3 nitrogen and oxygen atoms in total. The number of aliphatic hydroxyl groups excluding tert-OH is 1. The van der Waals surface area contributed by atoms with Gasteiger partial charge >= 0.3 is 0 Å². The van der Waals surface area contributed by atoms with Gasteiger partial charge < -0.3 is 15.8 Å². The van der Waals surface area contributed by atoms with E-state index in [1.165, 1.54) is 0 Å². The highest BCUT2D eigenvalue weighted by Crippen LogP contribution is 2.05. The predicted molar refractivity (Wildman–Crippen MR) is 34.8 cm³/mol. The monoisotopic (exact) mass is 126 g/mol. The van der Waals surface area contributed by atoms with E-state index in [0.29, 0.717) is 0 Å². The third-order valence-electron chi connectivity index (χ3n) is 1.20. The van der Waals surface area contributed by atoms with Crippen LogP contribution in [0.25, 0.3) is 0 Å². The zero-order valence-corrected chi connectivity index (χ0v) is 5.04. The molecule has 4 N–H and O–H groups in total. The summed E-state index contributed by atoms with van der Waals surface area (Å²) in [5, 5.41) is 9.06. The minimum absolute atomic E-state index is 0.264. The maximum Gasteiger partial charge on any atom is 0.106 e. The summed E-state index contributed by atoms with van der Waals surface area (Å²) in [6.07, 6.45) is 1.22. The number of H-pyrrole nitrogens is 1. The lowest BCUT2D eigenvalue weighted by molar-refractivity contribution is 0.182. The lowest BCUT2D eigenvalue weighted by Gasteiger charge is -2.02. The molecule has 0 aromatic carbocycles. The fourth-order valence-electron chi connectivity index (χ4n) is 0.678. The Bertz CT molecular complexity index is 160. The minimum atomic E-state index is -0.542. The Morgan fingerprint density at radius 2 is 2.56 bits per heavy atom. The Morgan fingerprint density at radius 3 is 3.00 bits per heavy atom. The Hall–Kier alpha value is -0.800. The van der Waals surface area contributed by atoms with E-state index in [4.69, 9.17) is 10.8 Å². The fraction of sp³-hybridized carbons (Fsp3) is 0.333. The highest BCUT2D eigenvalue weighted by molar-refractivity contribution is 5.06. The molecule has 0 saturated carbocycles. The molecule has 0 bridgehead atoms. The maximum absolute atomic E-state index is 9.06. The molecular weight excluding hydrogens is 116 g/mol. The van der Waals surface area contributed by atoms with E-state index in [2.05, 4.69) is 4.98 Å². The number of nitrogens with two attached hydrogens (primary N) is 1. The molecule has 1 rings (SSSR count). The van der Waals surface area contributed by atoms with E-state index in [0.717, 1.165) is 5.69 Å². The van der Waals surface area contributed by atoms with Crippen LogP contribution in [0.15, 0.2) is 18.3 Å². The van der Waals surface area contributed by atoms with E-state index < -0.39 is 6.10 Å². The summed E-state index contributed by atoms with van der Waals surface area (Å²) in [6, 6.07) is 3.63. The number of rotatable bonds is 2. The van der Waals surface area contributed by atoms with Crippen molar-refractivity contribution in [2.24, 2.45) is 5.73 Å². The molecule has 1 aromatic heterocycles. The summed E-state index contributed by atoms with van der Waals surface area (Å²) < 4.78 is 0. The standard InChI is InChI=1S/C6H10N2O/c7-4-6(9)5-2-1-3-8-5/h1-3,6,8-9H,4,7H2. The molecule has 0 saturated heterocycles. The van der Waals surface area contributed by atoms with E-state index in [1.807, 2.05) is 6.07 Å². The summed E-state index contributed by atoms with van der Waals surface area (Å²) >= 11 is 0. The zero-order chi connectivity index (χ0) is 6.69. The van der Waals surface area contributed by atoms with Crippen LogP contribution in [0.5, 0.6) is 0 Å². The van der Waals surface area contributed by atoms with Crippen LogP contribution in [-0.2, 0) is 0 Å². The van der Waals surface area contributed by atoms with Gasteiger partial charge in [0, 0.05) is 18.4 Å². The first-order valence-corrected chi connectivity index (χ1v) is 2.86. The first kappa shape index (κ1) is 6.32. The van der Waals surface area contributed by atoms with Gasteiger partial charge in [0.2, 0.25) is 0 Å². The van der Waals surface area contributed by atoms with E-state index in [-0.39, 0.29) is 6.54 Å². The predicted octanol–water partition coefficient (Wildman–Crippen LogP) is 0.00680. The van der Waals surface area contributed by atoms with E-state index >= 15 is 0 Å². The van der Waals surface area contributed by atoms with Crippen LogP contribution in [0.4, 0.5) is 0 Å². The fourth-order valence-corrected chi connectivity index (χ4v) is 0.678. The second-order valence-electron chi connectivity index (χ2n) is 1.88. The lowest BCUT2D eigenvalue weighted by Crippen LogP contribution is -2.11. The number of aromatic nitrogens is 1. The smallest absolute Gasteiger partial charge is 0.106 e. The van der Waals surface area contributed by atoms with Crippen LogP contribution in [0.3, 0.4) is 0 Å². The number of hydrogen-bond acceptors (Lipinski definition) is 2. The quantitative estimate of drug-likeness (QED) is 0.522. The van der Waals surface area contributed by atoms with Gasteiger partial charge in [0.05, 0.1) is 0 Å². The normalized spacial score (nSPS) is 13.6. The molecule has 0 fully saturated rings. The van der Waals surface area contributed by atoms with Gasteiger partial charge in [0.1, 0.15) is 6.10 Å². The van der Waals surface area contributed by atoms with Crippen LogP contribution in [0.1, 0.15) is 11.8 Å². The van der Waals surface area contributed by atoms with Crippen LogP contribution in [0.2, 0.25) is 0 Å². The van der Waals surface area contributed by atoms with Crippen molar-refractivity contribution in [3.63, 3.8) is 0 Å². The SMILES string of the molecule is NCC(O)c1ccc[nH]1. The summed E-state index contributed by atoms with van der Waals surface area (Å²) in [5.41, 5.74) is 5.97. The van der Waals surface area contributed by atoms with Gasteiger partial charge in [-0.1, -0.05) is 0 Å². The summed E-state index contributed by atoms with van der Waals surface area (Å²) in [6.45, 7) is 0.264. The molecule has 1 atom stereocenters. The highest BCUT2D eigenvalue weighted by atomic mass is 16.3. The molecule has 1 heterocycles. The largest absolute Gasteiger partial charge is 0.386 e.